The first-order chi connectivity index (χ1) is 8.17. The molecule has 0 spiro atoms. The number of hydrogen-bond donors (Lipinski definition) is 0. The highest BCUT2D eigenvalue weighted by Gasteiger charge is 2.13. The van der Waals surface area contributed by atoms with Crippen LogP contribution in [0.25, 0.3) is 6.08 Å². The molecule has 0 unspecified atom stereocenters. The second kappa shape index (κ2) is 6.29. The van der Waals surface area contributed by atoms with E-state index in [9.17, 15) is 0 Å². The van der Waals surface area contributed by atoms with Gasteiger partial charge in [0.25, 0.3) is 0 Å². The topological polar surface area (TPSA) is 4.93 Å². The van der Waals surface area contributed by atoms with E-state index in [-0.39, 0.29) is 0 Å². The van der Waals surface area contributed by atoms with Crippen LogP contribution < -0.4 is 0 Å². The van der Waals surface area contributed by atoms with Crippen LogP contribution in [-0.2, 0) is 13.0 Å². The van der Waals surface area contributed by atoms with Crippen LogP contribution in [0.15, 0.2) is 31.4 Å². The Morgan fingerprint density at radius 1 is 1.18 bits per heavy atom. The van der Waals surface area contributed by atoms with Crippen LogP contribution in [0.5, 0.6) is 0 Å². The van der Waals surface area contributed by atoms with Gasteiger partial charge >= 0.3 is 0 Å². The highest BCUT2D eigenvalue weighted by Crippen LogP contribution is 2.24. The summed E-state index contributed by atoms with van der Waals surface area (Å²) in [5.41, 5.74) is 5.54. The van der Waals surface area contributed by atoms with E-state index in [1.807, 2.05) is 18.2 Å². The summed E-state index contributed by atoms with van der Waals surface area (Å²) in [6, 6.07) is 0. The maximum absolute atomic E-state index is 3.80. The molecule has 0 saturated carbocycles. The molecule has 0 aliphatic heterocycles. The van der Waals surface area contributed by atoms with Crippen LogP contribution in [0.1, 0.15) is 35.9 Å². The second-order valence-electron chi connectivity index (χ2n) is 4.25. The minimum Gasteiger partial charge on any atom is -0.345 e. The first kappa shape index (κ1) is 13.6. The van der Waals surface area contributed by atoms with E-state index < -0.39 is 0 Å². The molecule has 0 aliphatic carbocycles. The normalized spacial score (nSPS) is 11.0. The summed E-state index contributed by atoms with van der Waals surface area (Å²) in [5.74, 6) is 0. The summed E-state index contributed by atoms with van der Waals surface area (Å²) in [4.78, 5) is 0. The van der Waals surface area contributed by atoms with Crippen molar-refractivity contribution in [1.82, 2.24) is 4.57 Å². The fourth-order valence-electron chi connectivity index (χ4n) is 2.26. The van der Waals surface area contributed by atoms with Crippen LogP contribution in [0.4, 0.5) is 0 Å². The molecule has 0 aromatic carbocycles. The Morgan fingerprint density at radius 2 is 1.88 bits per heavy atom. The SMILES string of the molecule is C=C/C=C\c1c(C)c(C)c(CCC=C)n1CC. The summed E-state index contributed by atoms with van der Waals surface area (Å²) in [6.45, 7) is 15.2. The van der Waals surface area contributed by atoms with E-state index in [2.05, 4.69) is 44.6 Å². The van der Waals surface area contributed by atoms with E-state index in [1.54, 1.807) is 0 Å². The van der Waals surface area contributed by atoms with Gasteiger partial charge in [-0.1, -0.05) is 24.8 Å². The fraction of sp³-hybridized carbons (Fsp3) is 0.375. The van der Waals surface area contributed by atoms with Gasteiger partial charge in [-0.25, -0.2) is 0 Å². The number of hydrogen-bond acceptors (Lipinski definition) is 0. The third-order valence-electron chi connectivity index (χ3n) is 3.29. The molecule has 0 saturated heterocycles. The summed E-state index contributed by atoms with van der Waals surface area (Å²) in [7, 11) is 0. The lowest BCUT2D eigenvalue weighted by atomic mass is 10.1. The van der Waals surface area contributed by atoms with Crippen molar-refractivity contribution in [2.24, 2.45) is 0 Å². The van der Waals surface area contributed by atoms with E-state index in [0.29, 0.717) is 0 Å². The van der Waals surface area contributed by atoms with Crippen LogP contribution in [0, 0.1) is 13.8 Å². The van der Waals surface area contributed by atoms with Gasteiger partial charge < -0.3 is 4.57 Å². The molecule has 92 valence electrons. The molecule has 17 heavy (non-hydrogen) atoms. The van der Waals surface area contributed by atoms with Gasteiger partial charge in [0, 0.05) is 17.9 Å². The highest BCUT2D eigenvalue weighted by molar-refractivity contribution is 5.56. The van der Waals surface area contributed by atoms with Crippen molar-refractivity contribution in [3.05, 3.63) is 53.9 Å². The third kappa shape index (κ3) is 2.79. The fourth-order valence-corrected chi connectivity index (χ4v) is 2.26. The molecule has 1 aromatic heterocycles. The highest BCUT2D eigenvalue weighted by atomic mass is 15.0. The summed E-state index contributed by atoms with van der Waals surface area (Å²) < 4.78 is 2.40. The van der Waals surface area contributed by atoms with Crippen LogP contribution in [0.3, 0.4) is 0 Å². The van der Waals surface area contributed by atoms with E-state index in [0.717, 1.165) is 19.4 Å². The molecule has 1 heteroatoms. The number of aromatic nitrogens is 1. The van der Waals surface area contributed by atoms with E-state index in [4.69, 9.17) is 0 Å². The van der Waals surface area contributed by atoms with Crippen LogP contribution in [0.2, 0.25) is 0 Å². The minimum absolute atomic E-state index is 1.01. The summed E-state index contributed by atoms with van der Waals surface area (Å²) in [5, 5.41) is 0. The van der Waals surface area contributed by atoms with Gasteiger partial charge in [-0.15, -0.1) is 6.58 Å². The summed E-state index contributed by atoms with van der Waals surface area (Å²) >= 11 is 0. The van der Waals surface area contributed by atoms with Crippen molar-refractivity contribution in [2.45, 2.75) is 40.2 Å². The quantitative estimate of drug-likeness (QED) is 0.502. The molecular weight excluding hydrogens is 206 g/mol. The van der Waals surface area contributed by atoms with Gasteiger partial charge in [0.05, 0.1) is 0 Å². The van der Waals surface area contributed by atoms with Crippen molar-refractivity contribution >= 4 is 6.08 Å². The predicted octanol–water partition coefficient (Wildman–Crippen LogP) is 4.44. The lowest BCUT2D eigenvalue weighted by Gasteiger charge is -2.09. The van der Waals surface area contributed by atoms with Gasteiger partial charge in [0.2, 0.25) is 0 Å². The van der Waals surface area contributed by atoms with Crippen LogP contribution in [-0.4, -0.2) is 4.57 Å². The van der Waals surface area contributed by atoms with E-state index >= 15 is 0 Å². The Bertz CT molecular complexity index is 433. The average Bonchev–Trinajstić information content (AvgIpc) is 2.57. The standard InChI is InChI=1S/C16H23N/c1-6-9-11-15-13(4)14(5)16(12-10-7-2)17(15)8-3/h6-7,9,11H,1-2,8,10,12H2,3-5H3/b11-9-. The summed E-state index contributed by atoms with van der Waals surface area (Å²) in [6.07, 6.45) is 10.1. The van der Waals surface area contributed by atoms with Crippen LogP contribution >= 0.6 is 0 Å². The van der Waals surface area contributed by atoms with Gasteiger partial charge in [-0.2, -0.15) is 0 Å². The molecule has 0 fully saturated rings. The number of nitrogens with zero attached hydrogens (tertiary/aromatic N) is 1. The average molecular weight is 229 g/mol. The Labute approximate surface area is 105 Å². The molecule has 1 aromatic rings. The van der Waals surface area contributed by atoms with Crippen molar-refractivity contribution in [3.63, 3.8) is 0 Å². The molecule has 0 N–H and O–H groups in total. The molecule has 1 rings (SSSR count). The van der Waals surface area contributed by atoms with E-state index in [1.165, 1.54) is 22.5 Å². The zero-order chi connectivity index (χ0) is 12.8. The zero-order valence-electron chi connectivity index (χ0n) is 11.3. The molecule has 0 amide bonds. The molecular formula is C16H23N. The van der Waals surface area contributed by atoms with Gasteiger partial charge in [-0.05, 0) is 50.8 Å². The zero-order valence-corrected chi connectivity index (χ0v) is 11.3. The first-order valence-corrected chi connectivity index (χ1v) is 6.25. The number of rotatable bonds is 6. The lowest BCUT2D eigenvalue weighted by molar-refractivity contribution is 0.701. The molecule has 0 radical (unpaired) electrons. The molecule has 0 aliphatic rings. The van der Waals surface area contributed by atoms with Crippen molar-refractivity contribution in [1.29, 1.82) is 0 Å². The Hall–Kier alpha value is -1.50. The minimum atomic E-state index is 1.01. The lowest BCUT2D eigenvalue weighted by Crippen LogP contribution is -2.03. The molecule has 0 atom stereocenters. The third-order valence-corrected chi connectivity index (χ3v) is 3.29. The maximum atomic E-state index is 3.80. The smallest absolute Gasteiger partial charge is 0.0441 e. The van der Waals surface area contributed by atoms with Gasteiger partial charge in [-0.3, -0.25) is 0 Å². The predicted molar refractivity (Wildman–Crippen MR) is 77.3 cm³/mol. The second-order valence-corrected chi connectivity index (χ2v) is 4.25. The molecule has 1 nitrogen and oxygen atoms in total. The van der Waals surface area contributed by atoms with Crippen molar-refractivity contribution in [2.75, 3.05) is 0 Å². The maximum Gasteiger partial charge on any atom is 0.0441 e. The molecule has 0 bridgehead atoms. The van der Waals surface area contributed by atoms with Gasteiger partial charge in [0.1, 0.15) is 0 Å². The number of allylic oxidation sites excluding steroid dienone is 3. The Morgan fingerprint density at radius 3 is 2.41 bits per heavy atom. The van der Waals surface area contributed by atoms with Crippen molar-refractivity contribution < 1.29 is 0 Å². The first-order valence-electron chi connectivity index (χ1n) is 6.25. The largest absolute Gasteiger partial charge is 0.345 e. The van der Waals surface area contributed by atoms with Crippen molar-refractivity contribution in [3.8, 4) is 0 Å². The Kier molecular flexibility index (Phi) is 5.02. The molecule has 1 heterocycles. The monoisotopic (exact) mass is 229 g/mol. The van der Waals surface area contributed by atoms with Gasteiger partial charge in [0.15, 0.2) is 0 Å². The Balaban J connectivity index is 3.25.